The van der Waals surface area contributed by atoms with Crippen LogP contribution in [0.3, 0.4) is 0 Å². The molecule has 0 unspecified atom stereocenters. The van der Waals surface area contributed by atoms with E-state index in [9.17, 15) is 15.0 Å². The minimum absolute atomic E-state index is 0.0558. The normalized spacial score (nSPS) is 10.8. The summed E-state index contributed by atoms with van der Waals surface area (Å²) in [5.74, 6) is -0.487. The number of aromatic hydroxyl groups is 2. The van der Waals surface area contributed by atoms with Crippen LogP contribution >= 0.6 is 0 Å². The standard InChI is InChI=1S/C23H30O3/c1-2-3-4-5-6-7-8-9-10-18-11-13-19(14-12-18)23(26)21-16-15-20(24)17-22(21)25/h11-17,24-25H,2-10H2,1H3. The Morgan fingerprint density at radius 2 is 1.42 bits per heavy atom. The summed E-state index contributed by atoms with van der Waals surface area (Å²) < 4.78 is 0. The topological polar surface area (TPSA) is 57.5 Å². The number of hydrogen-bond acceptors (Lipinski definition) is 3. The molecule has 0 fully saturated rings. The molecule has 0 aliphatic rings. The van der Waals surface area contributed by atoms with Gasteiger partial charge >= 0.3 is 0 Å². The number of ketones is 1. The maximum atomic E-state index is 12.5. The van der Waals surface area contributed by atoms with Gasteiger partial charge in [-0.1, -0.05) is 76.1 Å². The molecule has 2 aromatic rings. The minimum atomic E-state index is -0.235. The van der Waals surface area contributed by atoms with Gasteiger partial charge < -0.3 is 10.2 Å². The summed E-state index contributed by atoms with van der Waals surface area (Å²) in [5.41, 5.74) is 1.99. The van der Waals surface area contributed by atoms with Crippen LogP contribution in [0.5, 0.6) is 11.5 Å². The fraction of sp³-hybridized carbons (Fsp3) is 0.435. The van der Waals surface area contributed by atoms with Crippen LogP contribution in [0.25, 0.3) is 0 Å². The van der Waals surface area contributed by atoms with Crippen LogP contribution in [0.1, 0.15) is 79.8 Å². The molecule has 0 spiro atoms. The molecule has 140 valence electrons. The Hall–Kier alpha value is -2.29. The van der Waals surface area contributed by atoms with E-state index in [1.807, 2.05) is 24.3 Å². The molecule has 0 amide bonds. The Kier molecular flexibility index (Phi) is 8.20. The summed E-state index contributed by atoms with van der Waals surface area (Å²) >= 11 is 0. The molecule has 0 aliphatic carbocycles. The van der Waals surface area contributed by atoms with E-state index in [1.165, 1.54) is 75.1 Å². The summed E-state index contributed by atoms with van der Waals surface area (Å²) in [4.78, 5) is 12.5. The van der Waals surface area contributed by atoms with Crippen molar-refractivity contribution >= 4 is 5.78 Å². The second kappa shape index (κ2) is 10.6. The van der Waals surface area contributed by atoms with Crippen molar-refractivity contribution in [1.82, 2.24) is 0 Å². The van der Waals surface area contributed by atoms with Crippen molar-refractivity contribution in [1.29, 1.82) is 0 Å². The smallest absolute Gasteiger partial charge is 0.196 e. The SMILES string of the molecule is CCCCCCCCCCc1ccc(C(=O)c2ccc(O)cc2O)cc1. The monoisotopic (exact) mass is 354 g/mol. The zero-order valence-electron chi connectivity index (χ0n) is 15.7. The number of carbonyl (C=O) groups excluding carboxylic acids is 1. The first kappa shape index (κ1) is 20.0. The zero-order valence-corrected chi connectivity index (χ0v) is 15.7. The van der Waals surface area contributed by atoms with Gasteiger partial charge in [0.1, 0.15) is 11.5 Å². The van der Waals surface area contributed by atoms with Crippen molar-refractivity contribution in [2.75, 3.05) is 0 Å². The van der Waals surface area contributed by atoms with Gasteiger partial charge in [-0.3, -0.25) is 4.79 Å². The largest absolute Gasteiger partial charge is 0.508 e. The van der Waals surface area contributed by atoms with Crippen molar-refractivity contribution in [3.63, 3.8) is 0 Å². The molecule has 0 aromatic heterocycles. The van der Waals surface area contributed by atoms with Crippen LogP contribution in [0, 0.1) is 0 Å². The zero-order chi connectivity index (χ0) is 18.8. The lowest BCUT2D eigenvalue weighted by Crippen LogP contribution is -2.01. The summed E-state index contributed by atoms with van der Waals surface area (Å²) in [6.07, 6.45) is 11.5. The van der Waals surface area contributed by atoms with Crippen LogP contribution in [0.15, 0.2) is 42.5 Å². The Labute approximate surface area is 156 Å². The second-order valence-corrected chi connectivity index (χ2v) is 6.95. The molecule has 0 atom stereocenters. The van der Waals surface area contributed by atoms with Gasteiger partial charge in [-0.2, -0.15) is 0 Å². The number of phenolic OH excluding ortho intramolecular Hbond substituents is 2. The molecule has 0 saturated heterocycles. The fourth-order valence-electron chi connectivity index (χ4n) is 3.15. The van der Waals surface area contributed by atoms with Crippen LogP contribution in [0.4, 0.5) is 0 Å². The summed E-state index contributed by atoms with van der Waals surface area (Å²) in [5, 5.41) is 19.2. The molecule has 2 N–H and O–H groups in total. The number of rotatable bonds is 11. The number of hydrogen-bond donors (Lipinski definition) is 2. The number of aryl methyl sites for hydroxylation is 1. The summed E-state index contributed by atoms with van der Waals surface area (Å²) in [6.45, 7) is 2.24. The van der Waals surface area contributed by atoms with Crippen molar-refractivity contribution in [2.24, 2.45) is 0 Å². The van der Waals surface area contributed by atoms with E-state index >= 15 is 0 Å². The lowest BCUT2D eigenvalue weighted by Gasteiger charge is -2.06. The third-order valence-electron chi connectivity index (χ3n) is 4.76. The molecule has 0 saturated carbocycles. The van der Waals surface area contributed by atoms with Gasteiger partial charge in [-0.25, -0.2) is 0 Å². The van der Waals surface area contributed by atoms with Gasteiger partial charge in [0.15, 0.2) is 5.78 Å². The molecule has 2 rings (SSSR count). The molecule has 3 nitrogen and oxygen atoms in total. The van der Waals surface area contributed by atoms with Crippen LogP contribution in [0.2, 0.25) is 0 Å². The Balaban J connectivity index is 1.78. The average Bonchev–Trinajstić information content (AvgIpc) is 2.64. The van der Waals surface area contributed by atoms with Gasteiger partial charge in [0.2, 0.25) is 0 Å². The Bertz CT molecular complexity index is 689. The van der Waals surface area contributed by atoms with Gasteiger partial charge in [0.05, 0.1) is 5.56 Å². The predicted molar refractivity (Wildman–Crippen MR) is 106 cm³/mol. The number of phenols is 2. The highest BCUT2D eigenvalue weighted by atomic mass is 16.3. The number of carbonyl (C=O) groups is 1. The third-order valence-corrected chi connectivity index (χ3v) is 4.76. The van der Waals surface area contributed by atoms with E-state index in [4.69, 9.17) is 0 Å². The average molecular weight is 354 g/mol. The first-order valence-corrected chi connectivity index (χ1v) is 9.77. The van der Waals surface area contributed by atoms with E-state index < -0.39 is 0 Å². The minimum Gasteiger partial charge on any atom is -0.508 e. The van der Waals surface area contributed by atoms with Gasteiger partial charge in [-0.05, 0) is 30.5 Å². The third kappa shape index (κ3) is 6.21. The molecular weight excluding hydrogens is 324 g/mol. The lowest BCUT2D eigenvalue weighted by atomic mass is 9.99. The maximum absolute atomic E-state index is 12.5. The van der Waals surface area contributed by atoms with Crippen LogP contribution in [-0.2, 0) is 6.42 Å². The maximum Gasteiger partial charge on any atom is 0.196 e. The molecular formula is C23H30O3. The van der Waals surface area contributed by atoms with Crippen molar-refractivity contribution in [3.8, 4) is 11.5 Å². The molecule has 2 aromatic carbocycles. The predicted octanol–water partition coefficient (Wildman–Crippen LogP) is 6.01. The van der Waals surface area contributed by atoms with Gasteiger partial charge in [0, 0.05) is 11.6 Å². The second-order valence-electron chi connectivity index (χ2n) is 6.95. The first-order chi connectivity index (χ1) is 12.6. The molecule has 0 aliphatic heterocycles. The van der Waals surface area contributed by atoms with Crippen LogP contribution < -0.4 is 0 Å². The Morgan fingerprint density at radius 1 is 0.808 bits per heavy atom. The van der Waals surface area contributed by atoms with E-state index in [2.05, 4.69) is 6.92 Å². The van der Waals surface area contributed by atoms with E-state index in [0.717, 1.165) is 6.42 Å². The highest BCUT2D eigenvalue weighted by Crippen LogP contribution is 2.25. The number of unbranched alkanes of at least 4 members (excludes halogenated alkanes) is 7. The Morgan fingerprint density at radius 3 is 2.04 bits per heavy atom. The first-order valence-electron chi connectivity index (χ1n) is 9.77. The molecule has 0 radical (unpaired) electrons. The highest BCUT2D eigenvalue weighted by molar-refractivity contribution is 6.10. The van der Waals surface area contributed by atoms with E-state index in [1.54, 1.807) is 0 Å². The number of benzene rings is 2. The molecule has 0 bridgehead atoms. The van der Waals surface area contributed by atoms with Gasteiger partial charge in [0.25, 0.3) is 0 Å². The van der Waals surface area contributed by atoms with Crippen LogP contribution in [-0.4, -0.2) is 16.0 Å². The highest BCUT2D eigenvalue weighted by Gasteiger charge is 2.13. The van der Waals surface area contributed by atoms with E-state index in [0.29, 0.717) is 5.56 Å². The lowest BCUT2D eigenvalue weighted by molar-refractivity contribution is 0.103. The molecule has 26 heavy (non-hydrogen) atoms. The van der Waals surface area contributed by atoms with Crippen molar-refractivity contribution in [3.05, 3.63) is 59.2 Å². The summed E-state index contributed by atoms with van der Waals surface area (Å²) in [7, 11) is 0. The van der Waals surface area contributed by atoms with E-state index in [-0.39, 0.29) is 22.8 Å². The van der Waals surface area contributed by atoms with Crippen molar-refractivity contribution in [2.45, 2.75) is 64.7 Å². The summed E-state index contributed by atoms with van der Waals surface area (Å²) in [6, 6.07) is 11.6. The quantitative estimate of drug-likeness (QED) is 0.383. The molecule has 3 heteroatoms. The fourth-order valence-corrected chi connectivity index (χ4v) is 3.15. The van der Waals surface area contributed by atoms with Crippen molar-refractivity contribution < 1.29 is 15.0 Å². The van der Waals surface area contributed by atoms with Gasteiger partial charge in [-0.15, -0.1) is 0 Å². The molecule has 0 heterocycles.